The van der Waals surface area contributed by atoms with Gasteiger partial charge in [0, 0.05) is 0 Å². The second kappa shape index (κ2) is 5.87. The zero-order valence-corrected chi connectivity index (χ0v) is 6.61. The summed E-state index contributed by atoms with van der Waals surface area (Å²) in [5, 5.41) is 0. The van der Waals surface area contributed by atoms with E-state index < -0.39 is 0 Å². The van der Waals surface area contributed by atoms with Crippen molar-refractivity contribution in [3.05, 3.63) is 18.6 Å². The molecule has 0 unspecified atom stereocenters. The lowest BCUT2D eigenvalue weighted by molar-refractivity contribution is 0.711. The Morgan fingerprint density at radius 1 is 1.44 bits per heavy atom. The first-order chi connectivity index (χ1) is 4.35. The highest BCUT2D eigenvalue weighted by molar-refractivity contribution is 4.93. The standard InChI is InChI=1S/C9H17/c1-4-7-9(6-3)8-5-2/h4H,1,5-8H2,2-3H3. The number of rotatable bonds is 5. The van der Waals surface area contributed by atoms with Crippen LogP contribution in [0.2, 0.25) is 0 Å². The predicted octanol–water partition coefficient (Wildman–Crippen LogP) is 3.35. The van der Waals surface area contributed by atoms with Gasteiger partial charge in [0.05, 0.1) is 0 Å². The van der Waals surface area contributed by atoms with Crippen molar-refractivity contribution in [3.63, 3.8) is 0 Å². The smallest absolute Gasteiger partial charge is 0.0206 e. The van der Waals surface area contributed by atoms with Crippen LogP contribution >= 0.6 is 0 Å². The van der Waals surface area contributed by atoms with E-state index in [-0.39, 0.29) is 0 Å². The van der Waals surface area contributed by atoms with Gasteiger partial charge in [-0.15, -0.1) is 6.58 Å². The van der Waals surface area contributed by atoms with Crippen molar-refractivity contribution in [2.24, 2.45) is 0 Å². The Labute approximate surface area is 59.0 Å². The fourth-order valence-corrected chi connectivity index (χ4v) is 0.981. The van der Waals surface area contributed by atoms with Gasteiger partial charge >= 0.3 is 0 Å². The van der Waals surface area contributed by atoms with Crippen LogP contribution in [0.1, 0.15) is 39.5 Å². The van der Waals surface area contributed by atoms with E-state index >= 15 is 0 Å². The van der Waals surface area contributed by atoms with E-state index in [9.17, 15) is 0 Å². The maximum absolute atomic E-state index is 3.71. The molecule has 0 aromatic carbocycles. The Bertz CT molecular complexity index is 64.4. The molecule has 0 heterocycles. The highest BCUT2D eigenvalue weighted by Gasteiger charge is 2.00. The van der Waals surface area contributed by atoms with E-state index in [1.165, 1.54) is 19.3 Å². The summed E-state index contributed by atoms with van der Waals surface area (Å²) in [4.78, 5) is 0. The quantitative estimate of drug-likeness (QED) is 0.494. The average molecular weight is 125 g/mol. The molecule has 0 heteroatoms. The maximum Gasteiger partial charge on any atom is -0.0206 e. The Balaban J connectivity index is 3.28. The molecule has 0 amide bonds. The largest absolute Gasteiger partial charge is 0.103 e. The third kappa shape index (κ3) is 4.26. The van der Waals surface area contributed by atoms with E-state index in [0.717, 1.165) is 6.42 Å². The molecule has 0 aliphatic carbocycles. The first-order valence-electron chi connectivity index (χ1n) is 3.79. The molecule has 9 heavy (non-hydrogen) atoms. The summed E-state index contributed by atoms with van der Waals surface area (Å²) in [5.74, 6) is 1.63. The molecule has 0 saturated heterocycles. The fourth-order valence-electron chi connectivity index (χ4n) is 0.981. The molecule has 0 aliphatic heterocycles. The molecule has 1 radical (unpaired) electrons. The van der Waals surface area contributed by atoms with Crippen LogP contribution in [0.5, 0.6) is 0 Å². The molecule has 0 aromatic rings. The van der Waals surface area contributed by atoms with Crippen molar-refractivity contribution >= 4 is 0 Å². The third-order valence-electron chi connectivity index (χ3n) is 1.54. The van der Waals surface area contributed by atoms with Gasteiger partial charge in [-0.1, -0.05) is 26.3 Å². The van der Waals surface area contributed by atoms with Gasteiger partial charge in [-0.25, -0.2) is 0 Å². The van der Waals surface area contributed by atoms with Crippen LogP contribution in [0.15, 0.2) is 12.7 Å². The van der Waals surface area contributed by atoms with Crippen LogP contribution in [0.25, 0.3) is 0 Å². The van der Waals surface area contributed by atoms with Crippen molar-refractivity contribution < 1.29 is 0 Å². The summed E-state index contributed by atoms with van der Waals surface area (Å²) in [7, 11) is 0. The molecule has 0 bridgehead atoms. The van der Waals surface area contributed by atoms with Gasteiger partial charge < -0.3 is 0 Å². The first kappa shape index (κ1) is 8.74. The summed E-state index contributed by atoms with van der Waals surface area (Å²) in [6.07, 6.45) is 6.89. The molecule has 0 rings (SSSR count). The molecular formula is C9H17. The van der Waals surface area contributed by atoms with Crippen molar-refractivity contribution in [2.75, 3.05) is 0 Å². The molecule has 0 fully saturated rings. The summed E-state index contributed by atoms with van der Waals surface area (Å²) >= 11 is 0. The van der Waals surface area contributed by atoms with Crippen LogP contribution in [0.4, 0.5) is 0 Å². The maximum atomic E-state index is 3.71. The molecule has 0 saturated carbocycles. The fraction of sp³-hybridized carbons (Fsp3) is 0.667. The zero-order chi connectivity index (χ0) is 7.11. The average Bonchev–Trinajstić information content (AvgIpc) is 1.88. The lowest BCUT2D eigenvalue weighted by atomic mass is 9.97. The lowest BCUT2D eigenvalue weighted by Crippen LogP contribution is -1.91. The Hall–Kier alpha value is -0.260. The normalized spacial score (nSPS) is 10.1. The third-order valence-corrected chi connectivity index (χ3v) is 1.54. The number of hydrogen-bond acceptors (Lipinski definition) is 0. The minimum absolute atomic E-state index is 1.12. The lowest BCUT2D eigenvalue weighted by Gasteiger charge is -2.08. The van der Waals surface area contributed by atoms with Crippen LogP contribution < -0.4 is 0 Å². The second-order valence-corrected chi connectivity index (χ2v) is 2.35. The van der Waals surface area contributed by atoms with E-state index in [2.05, 4.69) is 20.4 Å². The molecule has 0 N–H and O–H groups in total. The molecule has 0 spiro atoms. The van der Waals surface area contributed by atoms with Gasteiger partial charge in [-0.2, -0.15) is 0 Å². The van der Waals surface area contributed by atoms with Gasteiger partial charge in [-0.3, -0.25) is 0 Å². The molecular weight excluding hydrogens is 108 g/mol. The van der Waals surface area contributed by atoms with Gasteiger partial charge in [0.15, 0.2) is 0 Å². The topological polar surface area (TPSA) is 0 Å². The van der Waals surface area contributed by atoms with Gasteiger partial charge in [0.1, 0.15) is 0 Å². The van der Waals surface area contributed by atoms with E-state index in [1.54, 1.807) is 5.92 Å². The van der Waals surface area contributed by atoms with Gasteiger partial charge in [0.2, 0.25) is 0 Å². The Morgan fingerprint density at radius 3 is 2.44 bits per heavy atom. The monoisotopic (exact) mass is 125 g/mol. The zero-order valence-electron chi connectivity index (χ0n) is 6.61. The highest BCUT2D eigenvalue weighted by Crippen LogP contribution is 2.17. The second-order valence-electron chi connectivity index (χ2n) is 2.35. The molecule has 53 valence electrons. The van der Waals surface area contributed by atoms with E-state index in [4.69, 9.17) is 0 Å². The molecule has 0 aromatic heterocycles. The molecule has 0 nitrogen and oxygen atoms in total. The summed E-state index contributed by atoms with van der Waals surface area (Å²) in [5.41, 5.74) is 0. The van der Waals surface area contributed by atoms with Crippen molar-refractivity contribution in [3.8, 4) is 0 Å². The minimum Gasteiger partial charge on any atom is -0.103 e. The minimum atomic E-state index is 1.12. The van der Waals surface area contributed by atoms with Crippen LogP contribution in [0.3, 0.4) is 0 Å². The predicted molar refractivity (Wildman–Crippen MR) is 43.3 cm³/mol. The Morgan fingerprint density at radius 2 is 2.11 bits per heavy atom. The van der Waals surface area contributed by atoms with Crippen LogP contribution in [0, 0.1) is 5.92 Å². The Kier molecular flexibility index (Phi) is 5.70. The van der Waals surface area contributed by atoms with E-state index in [1.807, 2.05) is 6.08 Å². The van der Waals surface area contributed by atoms with Gasteiger partial charge in [0.25, 0.3) is 0 Å². The van der Waals surface area contributed by atoms with Crippen LogP contribution in [-0.4, -0.2) is 0 Å². The molecule has 0 aliphatic rings. The SMILES string of the molecule is C=CC[C](CC)CCC. The summed E-state index contributed by atoms with van der Waals surface area (Å²) in [6.45, 7) is 8.15. The van der Waals surface area contributed by atoms with Gasteiger partial charge in [-0.05, 0) is 25.2 Å². The molecule has 0 atom stereocenters. The van der Waals surface area contributed by atoms with Crippen molar-refractivity contribution in [1.82, 2.24) is 0 Å². The first-order valence-corrected chi connectivity index (χ1v) is 3.79. The van der Waals surface area contributed by atoms with Crippen molar-refractivity contribution in [2.45, 2.75) is 39.5 Å². The van der Waals surface area contributed by atoms with E-state index in [0.29, 0.717) is 0 Å². The number of allylic oxidation sites excluding steroid dienone is 1. The number of hydrogen-bond donors (Lipinski definition) is 0. The summed E-state index contributed by atoms with van der Waals surface area (Å²) in [6, 6.07) is 0. The highest BCUT2D eigenvalue weighted by atomic mass is 14.1. The van der Waals surface area contributed by atoms with Crippen LogP contribution in [-0.2, 0) is 0 Å². The van der Waals surface area contributed by atoms with Crippen molar-refractivity contribution in [1.29, 1.82) is 0 Å². The summed E-state index contributed by atoms with van der Waals surface area (Å²) < 4.78 is 0.